The van der Waals surface area contributed by atoms with Gasteiger partial charge in [-0.1, -0.05) is 0 Å². The number of hydrogen-bond acceptors (Lipinski definition) is 4. The molecule has 1 aromatic rings. The van der Waals surface area contributed by atoms with E-state index in [1.165, 1.54) is 12.5 Å². The second kappa shape index (κ2) is 4.23. The number of ketones is 1. The van der Waals surface area contributed by atoms with Gasteiger partial charge in [0.2, 0.25) is 5.89 Å². The normalized spacial score (nSPS) is 13.9. The van der Waals surface area contributed by atoms with Gasteiger partial charge in [0.1, 0.15) is 6.26 Å². The molecular formula is C6H7ClNO5P. The van der Waals surface area contributed by atoms with Crippen LogP contribution in [0.4, 0.5) is 0 Å². The summed E-state index contributed by atoms with van der Waals surface area (Å²) < 4.78 is 15.3. The van der Waals surface area contributed by atoms with E-state index in [-0.39, 0.29) is 12.3 Å². The van der Waals surface area contributed by atoms with Gasteiger partial charge in [0.25, 0.3) is 0 Å². The van der Waals surface area contributed by atoms with Crippen LogP contribution in [0, 0.1) is 0 Å². The van der Waals surface area contributed by atoms with E-state index in [1.807, 2.05) is 0 Å². The lowest BCUT2D eigenvalue weighted by Crippen LogP contribution is -2.17. The Morgan fingerprint density at radius 1 is 1.71 bits per heavy atom. The number of rotatable bonds is 4. The molecule has 0 saturated carbocycles. The SMILES string of the molecule is O=C(Cc1ncco1)C(Cl)P(=O)(O)O. The van der Waals surface area contributed by atoms with Gasteiger partial charge in [-0.05, 0) is 0 Å². The molecule has 0 fully saturated rings. The fourth-order valence-corrected chi connectivity index (χ4v) is 1.30. The molecule has 1 aromatic heterocycles. The fourth-order valence-electron chi connectivity index (χ4n) is 0.761. The van der Waals surface area contributed by atoms with Crippen LogP contribution in [-0.4, -0.2) is 25.7 Å². The van der Waals surface area contributed by atoms with Crippen LogP contribution in [0.1, 0.15) is 5.89 Å². The molecule has 0 aliphatic heterocycles. The van der Waals surface area contributed by atoms with Crippen molar-refractivity contribution < 1.29 is 23.6 Å². The summed E-state index contributed by atoms with van der Waals surface area (Å²) in [4.78, 5) is 31.9. The molecule has 78 valence electrons. The monoisotopic (exact) mass is 239 g/mol. The van der Waals surface area contributed by atoms with E-state index in [9.17, 15) is 9.36 Å². The smallest absolute Gasteiger partial charge is 0.350 e. The first-order chi connectivity index (χ1) is 6.41. The Labute approximate surface area is 84.1 Å². The second-order valence-corrected chi connectivity index (χ2v) is 4.93. The first kappa shape index (κ1) is 11.4. The van der Waals surface area contributed by atoms with Crippen molar-refractivity contribution in [1.29, 1.82) is 0 Å². The van der Waals surface area contributed by atoms with Crippen molar-refractivity contribution in [3.63, 3.8) is 0 Å². The fraction of sp³-hybridized carbons (Fsp3) is 0.333. The summed E-state index contributed by atoms with van der Waals surface area (Å²) in [5, 5.41) is -1.84. The van der Waals surface area contributed by atoms with Gasteiger partial charge in [-0.3, -0.25) is 9.36 Å². The van der Waals surface area contributed by atoms with Gasteiger partial charge in [-0.25, -0.2) is 4.98 Å². The van der Waals surface area contributed by atoms with Crippen LogP contribution in [0.5, 0.6) is 0 Å². The maximum absolute atomic E-state index is 11.1. The van der Waals surface area contributed by atoms with Crippen LogP contribution in [0.15, 0.2) is 16.9 Å². The Kier molecular flexibility index (Phi) is 3.44. The Bertz CT molecular complexity index is 358. The van der Waals surface area contributed by atoms with E-state index in [2.05, 4.69) is 4.98 Å². The maximum atomic E-state index is 11.1. The van der Waals surface area contributed by atoms with E-state index < -0.39 is 18.5 Å². The predicted octanol–water partition coefficient (Wildman–Crippen LogP) is 0.529. The number of aromatic nitrogens is 1. The summed E-state index contributed by atoms with van der Waals surface area (Å²) in [6.45, 7) is 0. The zero-order valence-corrected chi connectivity index (χ0v) is 8.48. The summed E-state index contributed by atoms with van der Waals surface area (Å²) in [5.41, 5.74) is 0. The van der Waals surface area contributed by atoms with Crippen molar-refractivity contribution in [2.24, 2.45) is 0 Å². The first-order valence-corrected chi connectivity index (χ1v) is 5.63. The number of nitrogens with zero attached hydrogens (tertiary/aromatic N) is 1. The summed E-state index contributed by atoms with van der Waals surface area (Å²) in [6, 6.07) is 0. The van der Waals surface area contributed by atoms with Crippen LogP contribution in [0.25, 0.3) is 0 Å². The third-order valence-electron chi connectivity index (χ3n) is 1.37. The molecule has 0 spiro atoms. The molecule has 0 amide bonds. The van der Waals surface area contributed by atoms with Crippen LogP contribution < -0.4 is 0 Å². The standard InChI is InChI=1S/C6H7ClNO5P/c7-6(14(10,11)12)4(9)3-5-8-1-2-13-5/h1-2,6H,3H2,(H2,10,11,12). The van der Waals surface area contributed by atoms with Crippen molar-refractivity contribution >= 4 is 25.0 Å². The van der Waals surface area contributed by atoms with E-state index in [4.69, 9.17) is 25.8 Å². The average Bonchev–Trinajstić information content (AvgIpc) is 2.53. The lowest BCUT2D eigenvalue weighted by molar-refractivity contribution is -0.117. The highest BCUT2D eigenvalue weighted by Gasteiger charge is 2.33. The number of halogens is 1. The summed E-state index contributed by atoms with van der Waals surface area (Å²) >= 11 is 5.24. The highest BCUT2D eigenvalue weighted by Crippen LogP contribution is 2.44. The summed E-state index contributed by atoms with van der Waals surface area (Å²) in [6.07, 6.45) is 2.25. The Morgan fingerprint density at radius 3 is 2.79 bits per heavy atom. The molecule has 1 rings (SSSR count). The molecule has 8 heteroatoms. The van der Waals surface area contributed by atoms with Gasteiger partial charge in [0.15, 0.2) is 10.9 Å². The Balaban J connectivity index is 2.64. The summed E-state index contributed by atoms with van der Waals surface area (Å²) in [5.74, 6) is -0.739. The van der Waals surface area contributed by atoms with E-state index in [1.54, 1.807) is 0 Å². The van der Waals surface area contributed by atoms with Gasteiger partial charge in [0.05, 0.1) is 12.6 Å². The number of hydrogen-bond donors (Lipinski definition) is 2. The largest absolute Gasteiger partial charge is 0.449 e. The lowest BCUT2D eigenvalue weighted by Gasteiger charge is -2.08. The van der Waals surface area contributed by atoms with Crippen LogP contribution in [0.3, 0.4) is 0 Å². The minimum absolute atomic E-state index is 0.0779. The van der Waals surface area contributed by atoms with Gasteiger partial charge in [0, 0.05) is 0 Å². The minimum Gasteiger partial charge on any atom is -0.449 e. The molecular weight excluding hydrogens is 232 g/mol. The maximum Gasteiger partial charge on any atom is 0.350 e. The molecule has 0 aliphatic carbocycles. The first-order valence-electron chi connectivity index (χ1n) is 3.51. The molecule has 1 heterocycles. The number of alkyl halides is 1. The zero-order valence-electron chi connectivity index (χ0n) is 6.83. The highest BCUT2D eigenvalue weighted by molar-refractivity contribution is 7.55. The molecule has 0 aliphatic rings. The topological polar surface area (TPSA) is 101 Å². The molecule has 14 heavy (non-hydrogen) atoms. The van der Waals surface area contributed by atoms with Crippen molar-refractivity contribution in [1.82, 2.24) is 4.98 Å². The average molecular weight is 240 g/mol. The Morgan fingerprint density at radius 2 is 2.36 bits per heavy atom. The van der Waals surface area contributed by atoms with E-state index in [0.717, 1.165) is 0 Å². The van der Waals surface area contributed by atoms with E-state index >= 15 is 0 Å². The number of oxazole rings is 1. The molecule has 0 saturated heterocycles. The third kappa shape index (κ3) is 2.92. The van der Waals surface area contributed by atoms with Crippen molar-refractivity contribution in [2.45, 2.75) is 11.5 Å². The van der Waals surface area contributed by atoms with Crippen LogP contribution >= 0.6 is 19.2 Å². The van der Waals surface area contributed by atoms with Gasteiger partial charge in [-0.2, -0.15) is 0 Å². The van der Waals surface area contributed by atoms with E-state index in [0.29, 0.717) is 0 Å². The highest BCUT2D eigenvalue weighted by atomic mass is 35.5. The molecule has 1 atom stereocenters. The zero-order chi connectivity index (χ0) is 10.8. The lowest BCUT2D eigenvalue weighted by atomic mass is 10.3. The van der Waals surface area contributed by atoms with Crippen molar-refractivity contribution in [2.75, 3.05) is 0 Å². The molecule has 0 radical (unpaired) electrons. The number of carbonyl (C=O) groups excluding carboxylic acids is 1. The third-order valence-corrected chi connectivity index (χ3v) is 3.25. The van der Waals surface area contributed by atoms with Crippen molar-refractivity contribution in [3.8, 4) is 0 Å². The van der Waals surface area contributed by atoms with Gasteiger partial charge >= 0.3 is 7.60 Å². The summed E-state index contributed by atoms with van der Waals surface area (Å²) in [7, 11) is -4.58. The number of Topliss-reactive ketones (excluding diaryl/α,β-unsaturated/α-hetero) is 1. The quantitative estimate of drug-likeness (QED) is 0.587. The van der Waals surface area contributed by atoms with Gasteiger partial charge < -0.3 is 14.2 Å². The molecule has 2 N–H and O–H groups in total. The molecule has 1 unspecified atom stereocenters. The Hall–Kier alpha value is -0.680. The van der Waals surface area contributed by atoms with Gasteiger partial charge in [-0.15, -0.1) is 11.6 Å². The predicted molar refractivity (Wildman–Crippen MR) is 46.9 cm³/mol. The van der Waals surface area contributed by atoms with Crippen molar-refractivity contribution in [3.05, 3.63) is 18.4 Å². The molecule has 0 aromatic carbocycles. The molecule has 0 bridgehead atoms. The molecule has 6 nitrogen and oxygen atoms in total. The second-order valence-electron chi connectivity index (χ2n) is 2.49. The minimum atomic E-state index is -4.58. The number of carbonyl (C=O) groups is 1. The van der Waals surface area contributed by atoms with Crippen LogP contribution in [0.2, 0.25) is 0 Å². The van der Waals surface area contributed by atoms with Crippen LogP contribution in [-0.2, 0) is 15.8 Å².